The van der Waals surface area contributed by atoms with Gasteiger partial charge in [0.2, 0.25) is 0 Å². The Bertz CT molecular complexity index is 713. The van der Waals surface area contributed by atoms with Crippen molar-refractivity contribution >= 4 is 17.7 Å². The van der Waals surface area contributed by atoms with E-state index in [1.54, 1.807) is 17.8 Å². The molecule has 3 atom stereocenters. The van der Waals surface area contributed by atoms with Gasteiger partial charge in [0.15, 0.2) is 17.5 Å². The molecule has 0 radical (unpaired) electrons. The number of benzene rings is 1. The average molecular weight is 424 g/mol. The predicted octanol–water partition coefficient (Wildman–Crippen LogP) is 3.88. The van der Waals surface area contributed by atoms with Crippen molar-refractivity contribution in [3.63, 3.8) is 0 Å². The van der Waals surface area contributed by atoms with Crippen LogP contribution in [-0.2, 0) is 0 Å². The molecule has 0 aliphatic heterocycles. The van der Waals surface area contributed by atoms with Gasteiger partial charge >= 0.3 is 0 Å². The lowest BCUT2D eigenvalue weighted by Crippen LogP contribution is -2.53. The highest BCUT2D eigenvalue weighted by atomic mass is 32.2. The molecule has 3 unspecified atom stereocenters. The van der Waals surface area contributed by atoms with E-state index < -0.39 is 5.60 Å². The van der Waals surface area contributed by atoms with Crippen LogP contribution in [0.3, 0.4) is 0 Å². The molecular weight excluding hydrogens is 389 g/mol. The van der Waals surface area contributed by atoms with Crippen molar-refractivity contribution in [2.45, 2.75) is 63.3 Å². The first-order chi connectivity index (χ1) is 13.9. The van der Waals surface area contributed by atoms with Crippen LogP contribution in [0.4, 0.5) is 4.39 Å². The minimum atomic E-state index is -0.723. The summed E-state index contributed by atoms with van der Waals surface area (Å²) in [5, 5.41) is 17.6. The number of hydrogen-bond acceptors (Lipinski definition) is 4. The average Bonchev–Trinajstić information content (AvgIpc) is 3.52. The van der Waals surface area contributed by atoms with Crippen LogP contribution >= 0.6 is 11.8 Å². The Hall–Kier alpha value is -1.47. The Morgan fingerprint density at radius 1 is 1.38 bits per heavy atom. The minimum absolute atomic E-state index is 0.128. The Kier molecular flexibility index (Phi) is 7.68. The smallest absolute Gasteiger partial charge is 0.191 e. The predicted molar refractivity (Wildman–Crippen MR) is 118 cm³/mol. The number of guanidine groups is 1. The second kappa shape index (κ2) is 10.0. The zero-order valence-corrected chi connectivity index (χ0v) is 18.5. The van der Waals surface area contributed by atoms with Crippen LogP contribution in [0.2, 0.25) is 0 Å². The van der Waals surface area contributed by atoms with E-state index in [0.29, 0.717) is 37.3 Å². The van der Waals surface area contributed by atoms with E-state index in [1.165, 1.54) is 18.9 Å². The molecule has 7 heteroatoms. The first-order valence-corrected chi connectivity index (χ1v) is 11.8. The molecular formula is C22H34FN3O2S. The van der Waals surface area contributed by atoms with Gasteiger partial charge in [-0.2, -0.15) is 11.8 Å². The molecule has 0 saturated heterocycles. The van der Waals surface area contributed by atoms with Gasteiger partial charge in [-0.05, 0) is 68.9 Å². The van der Waals surface area contributed by atoms with Crippen molar-refractivity contribution in [2.75, 3.05) is 25.4 Å². The van der Waals surface area contributed by atoms with Gasteiger partial charge < -0.3 is 20.5 Å². The Labute approximate surface area is 177 Å². The molecule has 0 bridgehead atoms. The molecule has 2 aliphatic rings. The highest BCUT2D eigenvalue weighted by Gasteiger charge is 2.45. The van der Waals surface area contributed by atoms with Crippen LogP contribution in [0, 0.1) is 11.7 Å². The number of ether oxygens (including phenoxy) is 1. The number of nitrogens with zero attached hydrogens (tertiary/aromatic N) is 1. The monoisotopic (exact) mass is 423 g/mol. The van der Waals surface area contributed by atoms with Gasteiger partial charge in [0.1, 0.15) is 0 Å². The molecule has 1 aromatic rings. The van der Waals surface area contributed by atoms with Gasteiger partial charge in [-0.3, -0.25) is 4.99 Å². The Balaban J connectivity index is 1.59. The number of hydrogen-bond donors (Lipinski definition) is 3. The van der Waals surface area contributed by atoms with Gasteiger partial charge in [-0.15, -0.1) is 0 Å². The van der Waals surface area contributed by atoms with Crippen LogP contribution in [0.25, 0.3) is 0 Å². The van der Waals surface area contributed by atoms with Crippen molar-refractivity contribution in [2.24, 2.45) is 10.9 Å². The number of rotatable bonds is 10. The first kappa shape index (κ1) is 22.2. The third-order valence-corrected chi connectivity index (χ3v) is 7.05. The van der Waals surface area contributed by atoms with Gasteiger partial charge in [-0.25, -0.2) is 4.39 Å². The Morgan fingerprint density at radius 3 is 2.76 bits per heavy atom. The summed E-state index contributed by atoms with van der Waals surface area (Å²) in [5.41, 5.74) is 0.104. The molecule has 0 spiro atoms. The van der Waals surface area contributed by atoms with Crippen molar-refractivity contribution in [3.05, 3.63) is 29.6 Å². The van der Waals surface area contributed by atoms with Gasteiger partial charge in [-0.1, -0.05) is 13.0 Å². The highest BCUT2D eigenvalue weighted by Crippen LogP contribution is 2.41. The number of nitrogens with one attached hydrogen (secondary N) is 2. The minimum Gasteiger partial charge on any atom is -0.490 e. The van der Waals surface area contributed by atoms with Crippen LogP contribution in [0.5, 0.6) is 5.75 Å². The molecule has 29 heavy (non-hydrogen) atoms. The molecule has 2 saturated carbocycles. The van der Waals surface area contributed by atoms with E-state index in [4.69, 9.17) is 4.74 Å². The molecule has 2 fully saturated rings. The Morgan fingerprint density at radius 2 is 2.17 bits per heavy atom. The quantitative estimate of drug-likeness (QED) is 0.394. The highest BCUT2D eigenvalue weighted by molar-refractivity contribution is 8.00. The SMILES string of the molecule is CCNC(=NCC1(O)CCC1SCC)NC(C)c1ccc(OCC2CC2)c(F)c1. The third-order valence-electron chi connectivity index (χ3n) is 5.64. The molecule has 0 amide bonds. The molecule has 0 aromatic heterocycles. The topological polar surface area (TPSA) is 65.9 Å². The van der Waals surface area contributed by atoms with Crippen molar-refractivity contribution < 1.29 is 14.2 Å². The summed E-state index contributed by atoms with van der Waals surface area (Å²) in [7, 11) is 0. The fourth-order valence-corrected chi connectivity index (χ4v) is 4.63. The van der Waals surface area contributed by atoms with Gasteiger partial charge in [0.05, 0.1) is 24.8 Å². The molecule has 0 heterocycles. The van der Waals surface area contributed by atoms with E-state index in [2.05, 4.69) is 22.5 Å². The van der Waals surface area contributed by atoms with E-state index in [0.717, 1.165) is 24.2 Å². The lowest BCUT2D eigenvalue weighted by Gasteiger charge is -2.44. The normalized spacial score (nSPS) is 25.3. The summed E-state index contributed by atoms with van der Waals surface area (Å²) in [6, 6.07) is 4.99. The van der Waals surface area contributed by atoms with Crippen molar-refractivity contribution in [3.8, 4) is 5.75 Å². The fourth-order valence-electron chi connectivity index (χ4n) is 3.44. The van der Waals surface area contributed by atoms with E-state index in [1.807, 2.05) is 19.9 Å². The number of thioether (sulfide) groups is 1. The van der Waals surface area contributed by atoms with E-state index in [-0.39, 0.29) is 17.1 Å². The maximum Gasteiger partial charge on any atom is 0.191 e. The second-order valence-electron chi connectivity index (χ2n) is 8.09. The molecule has 3 rings (SSSR count). The van der Waals surface area contributed by atoms with E-state index >= 15 is 0 Å². The van der Waals surface area contributed by atoms with Crippen LogP contribution in [0.15, 0.2) is 23.2 Å². The van der Waals surface area contributed by atoms with Gasteiger partial charge in [0, 0.05) is 11.8 Å². The zero-order chi connectivity index (χ0) is 20.9. The summed E-state index contributed by atoms with van der Waals surface area (Å²) in [5.74, 6) is 2.21. The number of aliphatic imine (C=N–C) groups is 1. The number of halogens is 1. The molecule has 3 N–H and O–H groups in total. The zero-order valence-electron chi connectivity index (χ0n) is 17.7. The molecule has 1 aromatic carbocycles. The maximum absolute atomic E-state index is 14.4. The second-order valence-corrected chi connectivity index (χ2v) is 9.57. The first-order valence-electron chi connectivity index (χ1n) is 10.8. The summed E-state index contributed by atoms with van der Waals surface area (Å²) in [4.78, 5) is 4.61. The summed E-state index contributed by atoms with van der Waals surface area (Å²) < 4.78 is 20.0. The summed E-state index contributed by atoms with van der Waals surface area (Å²) in [6.45, 7) is 7.77. The fraction of sp³-hybridized carbons (Fsp3) is 0.682. The largest absolute Gasteiger partial charge is 0.490 e. The standard InChI is InChI=1S/C22H34FN3O2S/c1-4-24-21(25-14-22(27)11-10-20(22)29-5-2)26-15(3)17-8-9-19(18(23)12-17)28-13-16-6-7-16/h8-9,12,15-16,20,27H,4-7,10-11,13-14H2,1-3H3,(H2,24,25,26). The van der Waals surface area contributed by atoms with Gasteiger partial charge in [0.25, 0.3) is 0 Å². The lowest BCUT2D eigenvalue weighted by molar-refractivity contribution is -0.0154. The molecule has 2 aliphatic carbocycles. The lowest BCUT2D eigenvalue weighted by atomic mass is 9.79. The van der Waals surface area contributed by atoms with E-state index in [9.17, 15) is 9.50 Å². The molecule has 5 nitrogen and oxygen atoms in total. The van der Waals surface area contributed by atoms with Crippen molar-refractivity contribution in [1.29, 1.82) is 0 Å². The molecule has 162 valence electrons. The van der Waals surface area contributed by atoms with Crippen LogP contribution < -0.4 is 15.4 Å². The van der Waals surface area contributed by atoms with Crippen molar-refractivity contribution in [1.82, 2.24) is 10.6 Å². The van der Waals surface area contributed by atoms with Crippen LogP contribution in [-0.4, -0.2) is 47.4 Å². The number of aliphatic hydroxyl groups is 1. The third kappa shape index (κ3) is 6.01. The summed E-state index contributed by atoms with van der Waals surface area (Å²) in [6.07, 6.45) is 4.19. The van der Waals surface area contributed by atoms with Crippen LogP contribution in [0.1, 0.15) is 58.1 Å². The summed E-state index contributed by atoms with van der Waals surface area (Å²) >= 11 is 1.80. The maximum atomic E-state index is 14.4.